The molecule has 1 heterocycles. The third kappa shape index (κ3) is 4.10. The van der Waals surface area contributed by atoms with E-state index in [4.69, 9.17) is 10.5 Å². The van der Waals surface area contributed by atoms with Gasteiger partial charge in [-0.05, 0) is 30.0 Å². The van der Waals surface area contributed by atoms with Crippen molar-refractivity contribution >= 4 is 11.5 Å². The molecule has 0 aliphatic heterocycles. The minimum atomic E-state index is 0.381. The van der Waals surface area contributed by atoms with Crippen LogP contribution in [0.2, 0.25) is 0 Å². The molecular weight excluding hydrogens is 276 g/mol. The Bertz CT molecular complexity index is 596. The number of nitrogens with zero attached hydrogens (tertiary/aromatic N) is 2. The zero-order valence-electron chi connectivity index (χ0n) is 13.5. The molecule has 22 heavy (non-hydrogen) atoms. The Morgan fingerprint density at radius 3 is 2.55 bits per heavy atom. The first-order valence-corrected chi connectivity index (χ1v) is 7.74. The van der Waals surface area contributed by atoms with Crippen LogP contribution >= 0.6 is 0 Å². The van der Waals surface area contributed by atoms with Crippen LogP contribution in [0.1, 0.15) is 45.1 Å². The van der Waals surface area contributed by atoms with Crippen molar-refractivity contribution < 1.29 is 4.74 Å². The highest BCUT2D eigenvalue weighted by Gasteiger charge is 2.10. The summed E-state index contributed by atoms with van der Waals surface area (Å²) in [6.07, 6.45) is 3.64. The van der Waals surface area contributed by atoms with Crippen LogP contribution in [0.15, 0.2) is 30.6 Å². The molecule has 118 valence electrons. The van der Waals surface area contributed by atoms with E-state index in [0.29, 0.717) is 29.1 Å². The Morgan fingerprint density at radius 2 is 1.91 bits per heavy atom. The van der Waals surface area contributed by atoms with Crippen molar-refractivity contribution in [2.45, 2.75) is 39.5 Å². The van der Waals surface area contributed by atoms with Crippen molar-refractivity contribution in [2.24, 2.45) is 0 Å². The summed E-state index contributed by atoms with van der Waals surface area (Å²) in [6, 6.07) is 7.97. The van der Waals surface area contributed by atoms with Crippen molar-refractivity contribution in [3.05, 3.63) is 36.2 Å². The third-order valence-corrected chi connectivity index (χ3v) is 3.43. The molecule has 3 N–H and O–H groups in total. The highest BCUT2D eigenvalue weighted by atomic mass is 16.5. The van der Waals surface area contributed by atoms with Crippen molar-refractivity contribution in [3.8, 4) is 11.6 Å². The van der Waals surface area contributed by atoms with Crippen LogP contribution in [0.25, 0.3) is 0 Å². The Balaban J connectivity index is 2.10. The molecule has 0 saturated heterocycles. The minimum Gasteiger partial charge on any atom is -0.437 e. The van der Waals surface area contributed by atoms with Crippen molar-refractivity contribution in [2.75, 3.05) is 17.6 Å². The summed E-state index contributed by atoms with van der Waals surface area (Å²) in [5, 5.41) is 3.21. The monoisotopic (exact) mass is 300 g/mol. The molecule has 0 fully saturated rings. The lowest BCUT2D eigenvalue weighted by molar-refractivity contribution is 0.464. The molecule has 1 aromatic carbocycles. The van der Waals surface area contributed by atoms with Gasteiger partial charge in [0, 0.05) is 6.54 Å². The number of nitrogen functional groups attached to an aromatic ring is 1. The van der Waals surface area contributed by atoms with Gasteiger partial charge in [-0.1, -0.05) is 39.3 Å². The van der Waals surface area contributed by atoms with Crippen LogP contribution in [0, 0.1) is 0 Å². The normalized spacial score (nSPS) is 10.7. The highest BCUT2D eigenvalue weighted by Crippen LogP contribution is 2.29. The second kappa shape index (κ2) is 7.64. The van der Waals surface area contributed by atoms with E-state index in [-0.39, 0.29) is 0 Å². The highest BCUT2D eigenvalue weighted by molar-refractivity contribution is 5.66. The summed E-state index contributed by atoms with van der Waals surface area (Å²) in [5.74, 6) is 2.21. The first-order chi connectivity index (χ1) is 10.6. The number of ether oxygens (including phenoxy) is 1. The number of hydrogen-bond acceptors (Lipinski definition) is 5. The van der Waals surface area contributed by atoms with Gasteiger partial charge in [0.25, 0.3) is 0 Å². The van der Waals surface area contributed by atoms with Gasteiger partial charge < -0.3 is 15.8 Å². The lowest BCUT2D eigenvalue weighted by atomic mass is 10.0. The van der Waals surface area contributed by atoms with Gasteiger partial charge in [0.15, 0.2) is 5.82 Å². The standard InChI is InChI=1S/C17H24N4O/c1-4-5-10-19-16-15(18)17(21-11-20-16)22-14-8-6-13(7-9-14)12(2)3/h6-9,11-12H,4-5,10,18H2,1-3H3,(H,19,20,21). The van der Waals surface area contributed by atoms with Gasteiger partial charge in [0.1, 0.15) is 17.8 Å². The molecule has 0 aliphatic rings. The first kappa shape index (κ1) is 16.1. The molecule has 1 aromatic heterocycles. The second-order valence-corrected chi connectivity index (χ2v) is 5.55. The fourth-order valence-electron chi connectivity index (χ4n) is 2.02. The first-order valence-electron chi connectivity index (χ1n) is 7.74. The van der Waals surface area contributed by atoms with Crippen LogP contribution in [0.4, 0.5) is 11.5 Å². The quantitative estimate of drug-likeness (QED) is 0.750. The summed E-state index contributed by atoms with van der Waals surface area (Å²) in [4.78, 5) is 8.28. The maximum absolute atomic E-state index is 6.08. The Labute approximate surface area is 131 Å². The predicted octanol–water partition coefficient (Wildman–Crippen LogP) is 4.19. The molecule has 0 saturated carbocycles. The van der Waals surface area contributed by atoms with Gasteiger partial charge in [0.05, 0.1) is 0 Å². The number of benzene rings is 1. The van der Waals surface area contributed by atoms with Crippen LogP contribution in [-0.2, 0) is 0 Å². The van der Waals surface area contributed by atoms with Gasteiger partial charge in [-0.3, -0.25) is 0 Å². The van der Waals surface area contributed by atoms with E-state index in [0.717, 1.165) is 19.4 Å². The number of nitrogens with two attached hydrogens (primary N) is 1. The van der Waals surface area contributed by atoms with Gasteiger partial charge in [-0.25, -0.2) is 4.98 Å². The second-order valence-electron chi connectivity index (χ2n) is 5.55. The number of hydrogen-bond donors (Lipinski definition) is 2. The number of anilines is 2. The molecule has 0 aliphatic carbocycles. The molecular formula is C17H24N4O. The molecule has 5 heteroatoms. The van der Waals surface area contributed by atoms with Crippen molar-refractivity contribution in [1.82, 2.24) is 9.97 Å². The maximum atomic E-state index is 6.08. The Kier molecular flexibility index (Phi) is 5.58. The number of nitrogens with one attached hydrogen (secondary N) is 1. The van der Waals surface area contributed by atoms with E-state index in [1.54, 1.807) is 0 Å². The zero-order valence-corrected chi connectivity index (χ0v) is 13.5. The van der Waals surface area contributed by atoms with Gasteiger partial charge in [-0.15, -0.1) is 0 Å². The Morgan fingerprint density at radius 1 is 1.18 bits per heavy atom. The van der Waals surface area contributed by atoms with Crippen LogP contribution in [0.5, 0.6) is 11.6 Å². The molecule has 2 rings (SSSR count). The largest absolute Gasteiger partial charge is 0.437 e. The van der Waals surface area contributed by atoms with Gasteiger partial charge >= 0.3 is 0 Å². The summed E-state index contributed by atoms with van der Waals surface area (Å²) in [5.41, 5.74) is 7.78. The van der Waals surface area contributed by atoms with Crippen LogP contribution in [-0.4, -0.2) is 16.5 Å². The van der Waals surface area contributed by atoms with E-state index in [2.05, 4.69) is 48.2 Å². The molecule has 0 bridgehead atoms. The molecule has 5 nitrogen and oxygen atoms in total. The van der Waals surface area contributed by atoms with E-state index in [1.807, 2.05) is 12.1 Å². The van der Waals surface area contributed by atoms with Crippen molar-refractivity contribution in [1.29, 1.82) is 0 Å². The Hall–Kier alpha value is -2.30. The fourth-order valence-corrected chi connectivity index (χ4v) is 2.02. The average molecular weight is 300 g/mol. The maximum Gasteiger partial charge on any atom is 0.248 e. The van der Waals surface area contributed by atoms with E-state index in [9.17, 15) is 0 Å². The average Bonchev–Trinajstić information content (AvgIpc) is 2.51. The van der Waals surface area contributed by atoms with E-state index in [1.165, 1.54) is 11.9 Å². The SMILES string of the molecule is CCCCNc1ncnc(Oc2ccc(C(C)C)cc2)c1N. The summed E-state index contributed by atoms with van der Waals surface area (Å²) >= 11 is 0. The van der Waals surface area contributed by atoms with Crippen molar-refractivity contribution in [3.63, 3.8) is 0 Å². The van der Waals surface area contributed by atoms with E-state index >= 15 is 0 Å². The number of aromatic nitrogens is 2. The van der Waals surface area contributed by atoms with Crippen LogP contribution < -0.4 is 15.8 Å². The van der Waals surface area contributed by atoms with Gasteiger partial charge in [-0.2, -0.15) is 4.98 Å². The molecule has 0 atom stereocenters. The summed E-state index contributed by atoms with van der Waals surface area (Å²) in [6.45, 7) is 7.29. The number of unbranched alkanes of at least 4 members (excludes halogenated alkanes) is 1. The molecule has 0 radical (unpaired) electrons. The smallest absolute Gasteiger partial charge is 0.248 e. The number of rotatable bonds is 7. The zero-order chi connectivity index (χ0) is 15.9. The lowest BCUT2D eigenvalue weighted by Gasteiger charge is -2.12. The minimum absolute atomic E-state index is 0.381. The van der Waals surface area contributed by atoms with Crippen LogP contribution in [0.3, 0.4) is 0 Å². The topological polar surface area (TPSA) is 73.1 Å². The summed E-state index contributed by atoms with van der Waals surface area (Å²) in [7, 11) is 0. The van der Waals surface area contributed by atoms with Gasteiger partial charge in [0.2, 0.25) is 5.88 Å². The molecule has 0 spiro atoms. The fraction of sp³-hybridized carbons (Fsp3) is 0.412. The predicted molar refractivity (Wildman–Crippen MR) is 90.4 cm³/mol. The molecule has 0 unspecified atom stereocenters. The molecule has 0 amide bonds. The van der Waals surface area contributed by atoms with E-state index < -0.39 is 0 Å². The lowest BCUT2D eigenvalue weighted by Crippen LogP contribution is -2.07. The molecule has 2 aromatic rings. The third-order valence-electron chi connectivity index (χ3n) is 3.43. The summed E-state index contributed by atoms with van der Waals surface area (Å²) < 4.78 is 5.77.